The summed E-state index contributed by atoms with van der Waals surface area (Å²) in [5.41, 5.74) is 5.47. The Hall–Kier alpha value is -3.48. The van der Waals surface area contributed by atoms with Crippen molar-refractivity contribution in [2.24, 2.45) is 0 Å². The average molecular weight is 417 g/mol. The van der Waals surface area contributed by atoms with E-state index < -0.39 is 0 Å². The highest BCUT2D eigenvalue weighted by Gasteiger charge is 2.29. The Kier molecular flexibility index (Phi) is 4.81. The highest BCUT2D eigenvalue weighted by Crippen LogP contribution is 2.33. The number of benzene rings is 1. The van der Waals surface area contributed by atoms with Gasteiger partial charge >= 0.3 is 0 Å². The number of ether oxygens (including phenoxy) is 1. The minimum atomic E-state index is -0.300. The number of rotatable bonds is 4. The Morgan fingerprint density at radius 3 is 3.00 bits per heavy atom. The van der Waals surface area contributed by atoms with Gasteiger partial charge in [0.05, 0.1) is 34.8 Å². The van der Waals surface area contributed by atoms with Crippen LogP contribution in [0.1, 0.15) is 56.3 Å². The lowest BCUT2D eigenvalue weighted by Crippen LogP contribution is -2.35. The fourth-order valence-corrected chi connectivity index (χ4v) is 4.28. The number of fused-ring (bicyclic) bond motifs is 2. The molecule has 2 aromatic heterocycles. The molecule has 1 N–H and O–H groups in total. The second kappa shape index (κ2) is 7.65. The van der Waals surface area contributed by atoms with Gasteiger partial charge in [0.15, 0.2) is 5.78 Å². The molecule has 5 rings (SSSR count). The summed E-state index contributed by atoms with van der Waals surface area (Å²) in [6, 6.07) is 6.01. The first-order valence-corrected chi connectivity index (χ1v) is 10.5. The molecule has 0 saturated carbocycles. The normalized spacial score (nSPS) is 17.1. The predicted molar refractivity (Wildman–Crippen MR) is 113 cm³/mol. The van der Waals surface area contributed by atoms with E-state index in [0.717, 1.165) is 40.4 Å². The lowest BCUT2D eigenvalue weighted by atomic mass is 9.94. The van der Waals surface area contributed by atoms with Crippen LogP contribution in [0.2, 0.25) is 0 Å². The molecule has 3 aromatic rings. The van der Waals surface area contributed by atoms with E-state index in [0.29, 0.717) is 42.7 Å². The fraction of sp³-hybridized carbons (Fsp3) is 0.333. The van der Waals surface area contributed by atoms with E-state index in [-0.39, 0.29) is 17.8 Å². The Bertz CT molecular complexity index is 1200. The molecule has 158 valence electrons. The minimum absolute atomic E-state index is 0.0215. The number of aryl methyl sites for hydroxylation is 3. The number of carbonyl (C=O) groups excluding carboxylic acids is 2. The number of nitrogens with one attached hydrogen (secondary N) is 1. The first-order chi connectivity index (χ1) is 15.0. The molecule has 0 radical (unpaired) electrons. The molecule has 3 heterocycles. The zero-order chi connectivity index (χ0) is 21.5. The molecule has 1 aliphatic heterocycles. The number of hydrogen-bond donors (Lipinski definition) is 1. The number of nitrogens with zero attached hydrogens (tertiary/aromatic N) is 2. The number of aromatic nitrogens is 2. The van der Waals surface area contributed by atoms with Gasteiger partial charge < -0.3 is 14.5 Å². The topological polar surface area (TPSA) is 94.3 Å². The summed E-state index contributed by atoms with van der Waals surface area (Å²) in [7, 11) is 0. The van der Waals surface area contributed by atoms with Crippen LogP contribution in [0.3, 0.4) is 0 Å². The summed E-state index contributed by atoms with van der Waals surface area (Å²) in [6.07, 6.45) is 5.60. The Balaban J connectivity index is 1.27. The van der Waals surface area contributed by atoms with Gasteiger partial charge in [0.2, 0.25) is 0 Å². The second-order valence-electron chi connectivity index (χ2n) is 8.15. The van der Waals surface area contributed by atoms with E-state index >= 15 is 0 Å². The van der Waals surface area contributed by atoms with Crippen LogP contribution < -0.4 is 10.1 Å². The van der Waals surface area contributed by atoms with Crippen molar-refractivity contribution in [3.63, 3.8) is 0 Å². The number of amides is 1. The maximum atomic E-state index is 12.7. The van der Waals surface area contributed by atoms with Gasteiger partial charge in [-0.25, -0.2) is 4.98 Å². The third kappa shape index (κ3) is 3.60. The van der Waals surface area contributed by atoms with Gasteiger partial charge in [-0.05, 0) is 44.0 Å². The standard InChI is InChI=1S/C24H23N3O4/c1-13-10-25-14(2)23(27-13)15-6-7-20-16(8-15)9-17(31-20)11-26-24(29)18-12-30-21-5-3-4-19(28)22(18)21/h6-8,10,12,17H,3-5,9,11H2,1-2H3,(H,26,29). The summed E-state index contributed by atoms with van der Waals surface area (Å²) in [6.45, 7) is 4.22. The van der Waals surface area contributed by atoms with Crippen LogP contribution in [-0.2, 0) is 12.8 Å². The molecule has 1 unspecified atom stereocenters. The van der Waals surface area contributed by atoms with Crippen molar-refractivity contribution in [1.29, 1.82) is 0 Å². The van der Waals surface area contributed by atoms with Crippen LogP contribution in [0.25, 0.3) is 11.3 Å². The van der Waals surface area contributed by atoms with Crippen LogP contribution in [0.4, 0.5) is 0 Å². The molecule has 0 fully saturated rings. The van der Waals surface area contributed by atoms with Gasteiger partial charge in [0, 0.05) is 31.0 Å². The molecule has 31 heavy (non-hydrogen) atoms. The van der Waals surface area contributed by atoms with Crippen LogP contribution in [0.5, 0.6) is 5.75 Å². The lowest BCUT2D eigenvalue weighted by molar-refractivity contribution is 0.0914. The highest BCUT2D eigenvalue weighted by atomic mass is 16.5. The molecular weight excluding hydrogens is 394 g/mol. The molecule has 7 nitrogen and oxygen atoms in total. The highest BCUT2D eigenvalue weighted by molar-refractivity contribution is 6.09. The van der Waals surface area contributed by atoms with Gasteiger partial charge in [-0.15, -0.1) is 0 Å². The molecule has 1 aromatic carbocycles. The van der Waals surface area contributed by atoms with Gasteiger partial charge in [0.25, 0.3) is 5.91 Å². The Labute approximate surface area is 179 Å². The zero-order valence-corrected chi connectivity index (χ0v) is 17.5. The Morgan fingerprint density at radius 2 is 2.13 bits per heavy atom. The monoisotopic (exact) mass is 417 g/mol. The number of furan rings is 1. The van der Waals surface area contributed by atoms with Crippen molar-refractivity contribution in [3.8, 4) is 17.0 Å². The fourth-order valence-electron chi connectivity index (χ4n) is 4.28. The van der Waals surface area contributed by atoms with Crippen molar-refractivity contribution in [1.82, 2.24) is 15.3 Å². The van der Waals surface area contributed by atoms with Gasteiger partial charge in [-0.2, -0.15) is 0 Å². The molecule has 0 saturated heterocycles. The second-order valence-corrected chi connectivity index (χ2v) is 8.15. The maximum Gasteiger partial charge on any atom is 0.255 e. The number of hydrogen-bond acceptors (Lipinski definition) is 6. The molecular formula is C24H23N3O4. The molecule has 2 aliphatic rings. The van der Waals surface area contributed by atoms with Crippen molar-refractivity contribution in [3.05, 3.63) is 64.5 Å². The molecule has 7 heteroatoms. The third-order valence-electron chi connectivity index (χ3n) is 5.84. The van der Waals surface area contributed by atoms with E-state index in [4.69, 9.17) is 9.15 Å². The molecule has 0 spiro atoms. The van der Waals surface area contributed by atoms with Crippen molar-refractivity contribution < 1.29 is 18.7 Å². The SMILES string of the molecule is Cc1cnc(C)c(-c2ccc3c(c2)CC(CNC(=O)c2coc4c2C(=O)CCC4)O3)n1. The summed E-state index contributed by atoms with van der Waals surface area (Å²) >= 11 is 0. The summed E-state index contributed by atoms with van der Waals surface area (Å²) in [5, 5.41) is 2.90. The van der Waals surface area contributed by atoms with Crippen molar-refractivity contribution >= 4 is 11.7 Å². The zero-order valence-electron chi connectivity index (χ0n) is 17.5. The van der Waals surface area contributed by atoms with Gasteiger partial charge in [0.1, 0.15) is 23.9 Å². The largest absolute Gasteiger partial charge is 0.488 e. The van der Waals surface area contributed by atoms with E-state index in [1.54, 1.807) is 6.20 Å². The maximum absolute atomic E-state index is 12.7. The molecule has 1 atom stereocenters. The van der Waals surface area contributed by atoms with E-state index in [1.165, 1.54) is 6.26 Å². The minimum Gasteiger partial charge on any atom is -0.488 e. The molecule has 1 aliphatic carbocycles. The van der Waals surface area contributed by atoms with E-state index in [2.05, 4.69) is 21.4 Å². The summed E-state index contributed by atoms with van der Waals surface area (Å²) < 4.78 is 11.5. The lowest BCUT2D eigenvalue weighted by Gasteiger charge is -2.13. The first-order valence-electron chi connectivity index (χ1n) is 10.5. The van der Waals surface area contributed by atoms with Crippen molar-refractivity contribution in [2.45, 2.75) is 45.6 Å². The van der Waals surface area contributed by atoms with Crippen LogP contribution in [0, 0.1) is 13.8 Å². The first kappa shape index (κ1) is 19.5. The molecule has 1 amide bonds. The Morgan fingerprint density at radius 1 is 1.26 bits per heavy atom. The number of Topliss-reactive ketones (excluding diaryl/α,β-unsaturated/α-hetero) is 1. The van der Waals surface area contributed by atoms with Crippen LogP contribution >= 0.6 is 0 Å². The summed E-state index contributed by atoms with van der Waals surface area (Å²) in [4.78, 5) is 33.9. The molecule has 0 bridgehead atoms. The van der Waals surface area contributed by atoms with Crippen LogP contribution in [0.15, 0.2) is 35.1 Å². The van der Waals surface area contributed by atoms with Crippen LogP contribution in [-0.4, -0.2) is 34.3 Å². The third-order valence-corrected chi connectivity index (χ3v) is 5.84. The van der Waals surface area contributed by atoms with E-state index in [1.807, 2.05) is 26.0 Å². The van der Waals surface area contributed by atoms with Gasteiger partial charge in [-0.3, -0.25) is 14.6 Å². The van der Waals surface area contributed by atoms with Crippen molar-refractivity contribution in [2.75, 3.05) is 6.54 Å². The van der Waals surface area contributed by atoms with E-state index in [9.17, 15) is 9.59 Å². The number of ketones is 1. The van der Waals surface area contributed by atoms with Gasteiger partial charge in [-0.1, -0.05) is 0 Å². The smallest absolute Gasteiger partial charge is 0.255 e. The average Bonchev–Trinajstić information content (AvgIpc) is 3.38. The quantitative estimate of drug-likeness (QED) is 0.697. The summed E-state index contributed by atoms with van der Waals surface area (Å²) in [5.74, 6) is 1.11. The number of carbonyl (C=O) groups is 2. The predicted octanol–water partition coefficient (Wildman–Crippen LogP) is 3.61.